The summed E-state index contributed by atoms with van der Waals surface area (Å²) in [5.74, 6) is 1.00. The highest BCUT2D eigenvalue weighted by Gasteiger charge is 2.38. The first-order chi connectivity index (χ1) is 8.09. The summed E-state index contributed by atoms with van der Waals surface area (Å²) in [5, 5.41) is -0.0373. The Labute approximate surface area is 107 Å². The summed E-state index contributed by atoms with van der Waals surface area (Å²) in [6, 6.07) is 8.29. The minimum atomic E-state index is -0.0373. The summed E-state index contributed by atoms with van der Waals surface area (Å²) >= 11 is 6.25. The van der Waals surface area contributed by atoms with E-state index < -0.39 is 0 Å². The van der Waals surface area contributed by atoms with Crippen molar-refractivity contribution in [1.82, 2.24) is 9.55 Å². The number of nitrogens with zero attached hydrogens (tertiary/aromatic N) is 2. The number of rotatable bonds is 3. The molecule has 17 heavy (non-hydrogen) atoms. The van der Waals surface area contributed by atoms with E-state index in [0.717, 1.165) is 17.9 Å². The van der Waals surface area contributed by atoms with E-state index in [-0.39, 0.29) is 5.38 Å². The number of alkyl halides is 1. The third-order valence-corrected chi connectivity index (χ3v) is 3.88. The lowest BCUT2D eigenvalue weighted by atomic mass is 10.1. The average molecular weight is 249 g/mol. The highest BCUT2D eigenvalue weighted by atomic mass is 35.5. The van der Waals surface area contributed by atoms with Crippen LogP contribution in [0.3, 0.4) is 0 Å². The zero-order valence-corrected chi connectivity index (χ0v) is 11.0. The highest BCUT2D eigenvalue weighted by molar-refractivity contribution is 6.20. The molecule has 0 aliphatic heterocycles. The quantitative estimate of drug-likeness (QED) is 0.747. The second-order valence-corrected chi connectivity index (χ2v) is 6.13. The van der Waals surface area contributed by atoms with Gasteiger partial charge in [0.25, 0.3) is 0 Å². The standard InChI is InChI=1S/C14H17ClN2/c1-10(15)13-16-11-5-3-4-6-12(11)17(13)9-14(2)7-8-14/h3-6,10H,7-9H2,1-2H3. The van der Waals surface area contributed by atoms with Gasteiger partial charge >= 0.3 is 0 Å². The van der Waals surface area contributed by atoms with Crippen molar-refractivity contribution in [3.8, 4) is 0 Å². The van der Waals surface area contributed by atoms with Gasteiger partial charge in [-0.05, 0) is 37.3 Å². The molecule has 1 unspecified atom stereocenters. The van der Waals surface area contributed by atoms with Gasteiger partial charge in [0.15, 0.2) is 0 Å². The van der Waals surface area contributed by atoms with Gasteiger partial charge in [0.05, 0.1) is 16.4 Å². The van der Waals surface area contributed by atoms with E-state index in [1.54, 1.807) is 0 Å². The highest BCUT2D eigenvalue weighted by Crippen LogP contribution is 2.47. The monoisotopic (exact) mass is 248 g/mol. The van der Waals surface area contributed by atoms with Crippen LogP contribution >= 0.6 is 11.6 Å². The molecule has 2 nitrogen and oxygen atoms in total. The van der Waals surface area contributed by atoms with Crippen LogP contribution in [0.5, 0.6) is 0 Å². The lowest BCUT2D eigenvalue weighted by molar-refractivity contribution is 0.461. The van der Waals surface area contributed by atoms with Gasteiger partial charge in [-0.3, -0.25) is 0 Å². The van der Waals surface area contributed by atoms with E-state index in [1.165, 1.54) is 18.4 Å². The lowest BCUT2D eigenvalue weighted by Gasteiger charge is -2.14. The molecule has 1 aromatic carbocycles. The van der Waals surface area contributed by atoms with Crippen molar-refractivity contribution in [2.24, 2.45) is 5.41 Å². The molecule has 0 spiro atoms. The third kappa shape index (κ3) is 1.95. The molecule has 1 heterocycles. The third-order valence-electron chi connectivity index (χ3n) is 3.68. The number of halogens is 1. The maximum Gasteiger partial charge on any atom is 0.127 e. The van der Waals surface area contributed by atoms with E-state index in [9.17, 15) is 0 Å². The fraction of sp³-hybridized carbons (Fsp3) is 0.500. The number of para-hydroxylation sites is 2. The van der Waals surface area contributed by atoms with Crippen molar-refractivity contribution < 1.29 is 0 Å². The summed E-state index contributed by atoms with van der Waals surface area (Å²) in [5.41, 5.74) is 2.73. The van der Waals surface area contributed by atoms with E-state index >= 15 is 0 Å². The molecule has 3 heteroatoms. The smallest absolute Gasteiger partial charge is 0.127 e. The van der Waals surface area contributed by atoms with Crippen molar-refractivity contribution in [3.63, 3.8) is 0 Å². The van der Waals surface area contributed by atoms with Crippen molar-refractivity contribution in [2.75, 3.05) is 0 Å². The first kappa shape index (κ1) is 11.1. The molecule has 2 aromatic rings. The van der Waals surface area contributed by atoms with Gasteiger partial charge in [-0.25, -0.2) is 4.98 Å². The fourth-order valence-electron chi connectivity index (χ4n) is 2.32. The molecule has 1 atom stereocenters. The molecule has 0 bridgehead atoms. The zero-order valence-electron chi connectivity index (χ0n) is 10.3. The van der Waals surface area contributed by atoms with E-state index in [4.69, 9.17) is 11.6 Å². The first-order valence-electron chi connectivity index (χ1n) is 6.18. The summed E-state index contributed by atoms with van der Waals surface area (Å²) in [4.78, 5) is 4.66. The molecule has 1 fully saturated rings. The van der Waals surface area contributed by atoms with Crippen molar-refractivity contribution in [1.29, 1.82) is 0 Å². The summed E-state index contributed by atoms with van der Waals surface area (Å²) in [6.07, 6.45) is 2.63. The van der Waals surface area contributed by atoms with Gasteiger partial charge in [0.2, 0.25) is 0 Å². The Morgan fingerprint density at radius 1 is 1.41 bits per heavy atom. The van der Waals surface area contributed by atoms with Gasteiger partial charge in [-0.15, -0.1) is 11.6 Å². The predicted octanol–water partition coefficient (Wildman–Crippen LogP) is 4.14. The molecular weight excluding hydrogens is 232 g/mol. The predicted molar refractivity (Wildman–Crippen MR) is 71.3 cm³/mol. The zero-order chi connectivity index (χ0) is 12.0. The molecule has 0 radical (unpaired) electrons. The average Bonchev–Trinajstić information content (AvgIpc) is 2.90. The van der Waals surface area contributed by atoms with Crippen molar-refractivity contribution in [3.05, 3.63) is 30.1 Å². The molecule has 0 saturated heterocycles. The van der Waals surface area contributed by atoms with Crippen LogP contribution in [0.1, 0.15) is 37.9 Å². The first-order valence-corrected chi connectivity index (χ1v) is 6.62. The number of imidazole rings is 1. The van der Waals surface area contributed by atoms with Crippen LogP contribution in [0.25, 0.3) is 11.0 Å². The maximum absolute atomic E-state index is 6.25. The van der Waals surface area contributed by atoms with E-state index in [2.05, 4.69) is 34.7 Å². The SMILES string of the molecule is CC(Cl)c1nc2ccccc2n1CC1(C)CC1. The maximum atomic E-state index is 6.25. The molecule has 1 aliphatic carbocycles. The molecule has 90 valence electrons. The Hall–Kier alpha value is -1.02. The molecule has 1 aliphatic rings. The molecular formula is C14H17ClN2. The number of benzene rings is 1. The van der Waals surface area contributed by atoms with E-state index in [1.807, 2.05) is 13.0 Å². The Bertz CT molecular complexity index is 552. The topological polar surface area (TPSA) is 17.8 Å². The van der Waals surface area contributed by atoms with Crippen molar-refractivity contribution in [2.45, 2.75) is 38.6 Å². The molecule has 0 N–H and O–H groups in total. The summed E-state index contributed by atoms with van der Waals surface area (Å²) < 4.78 is 2.31. The van der Waals surface area contributed by atoms with Crippen LogP contribution in [-0.2, 0) is 6.54 Å². The van der Waals surface area contributed by atoms with Gasteiger partial charge in [-0.1, -0.05) is 19.1 Å². The minimum absolute atomic E-state index is 0.0373. The van der Waals surface area contributed by atoms with Gasteiger partial charge in [0, 0.05) is 6.54 Å². The Morgan fingerprint density at radius 3 is 2.76 bits per heavy atom. The molecule has 0 amide bonds. The van der Waals surface area contributed by atoms with Crippen LogP contribution in [0.2, 0.25) is 0 Å². The van der Waals surface area contributed by atoms with Gasteiger partial charge in [0.1, 0.15) is 5.82 Å². The van der Waals surface area contributed by atoms with Crippen molar-refractivity contribution >= 4 is 22.6 Å². The number of fused-ring (bicyclic) bond motifs is 1. The second-order valence-electron chi connectivity index (χ2n) is 5.47. The minimum Gasteiger partial charge on any atom is -0.326 e. The molecule has 1 saturated carbocycles. The van der Waals surface area contributed by atoms with E-state index in [0.29, 0.717) is 5.41 Å². The van der Waals surface area contributed by atoms with Gasteiger partial charge in [-0.2, -0.15) is 0 Å². The normalized spacial score (nSPS) is 19.5. The number of aromatic nitrogens is 2. The summed E-state index contributed by atoms with van der Waals surface area (Å²) in [7, 11) is 0. The fourth-order valence-corrected chi connectivity index (χ4v) is 2.48. The molecule has 1 aromatic heterocycles. The largest absolute Gasteiger partial charge is 0.326 e. The van der Waals surface area contributed by atoms with Crippen LogP contribution < -0.4 is 0 Å². The Morgan fingerprint density at radius 2 is 2.12 bits per heavy atom. The molecule has 3 rings (SSSR count). The van der Waals surface area contributed by atoms with Gasteiger partial charge < -0.3 is 4.57 Å². The number of hydrogen-bond acceptors (Lipinski definition) is 1. The second kappa shape index (κ2) is 3.74. The number of hydrogen-bond donors (Lipinski definition) is 0. The summed E-state index contributed by atoms with van der Waals surface area (Å²) in [6.45, 7) is 5.37. The Kier molecular flexibility index (Phi) is 2.44. The van der Waals surface area contributed by atoms with Crippen LogP contribution in [0.4, 0.5) is 0 Å². The van der Waals surface area contributed by atoms with Crippen LogP contribution in [0, 0.1) is 5.41 Å². The van der Waals surface area contributed by atoms with Crippen LogP contribution in [-0.4, -0.2) is 9.55 Å². The lowest BCUT2D eigenvalue weighted by Crippen LogP contribution is -2.11. The van der Waals surface area contributed by atoms with Crippen LogP contribution in [0.15, 0.2) is 24.3 Å². The Balaban J connectivity index is 2.14.